The van der Waals surface area contributed by atoms with E-state index in [-0.39, 0.29) is 5.91 Å². The average molecular weight is 412 g/mol. The molecule has 5 rings (SSSR count). The number of fused-ring (bicyclic) bond motifs is 4. The van der Waals surface area contributed by atoms with Crippen LogP contribution in [0.4, 0.5) is 5.82 Å². The molecular formula is C23H33N5O2. The lowest BCUT2D eigenvalue weighted by molar-refractivity contribution is -0.142. The maximum atomic E-state index is 12.8. The van der Waals surface area contributed by atoms with Crippen molar-refractivity contribution in [1.29, 1.82) is 0 Å². The predicted octanol–water partition coefficient (Wildman–Crippen LogP) is 1.70. The lowest BCUT2D eigenvalue weighted by Gasteiger charge is -2.52. The maximum Gasteiger partial charge on any atom is 0.255 e. The summed E-state index contributed by atoms with van der Waals surface area (Å²) in [4.78, 5) is 38.7. The summed E-state index contributed by atoms with van der Waals surface area (Å²) in [7, 11) is 0. The monoisotopic (exact) mass is 411 g/mol. The Morgan fingerprint density at radius 2 is 1.97 bits per heavy atom. The van der Waals surface area contributed by atoms with Crippen LogP contribution < -0.4 is 4.90 Å². The molecule has 0 aliphatic carbocycles. The second-order valence-electron chi connectivity index (χ2n) is 9.40. The first kappa shape index (κ1) is 19.8. The van der Waals surface area contributed by atoms with Gasteiger partial charge < -0.3 is 19.6 Å². The lowest BCUT2D eigenvalue weighted by Crippen LogP contribution is -2.60. The molecular weight excluding hydrogens is 378 g/mol. The maximum absolute atomic E-state index is 12.8. The number of carbonyl (C=O) groups is 2. The molecule has 0 radical (unpaired) electrons. The highest BCUT2D eigenvalue weighted by molar-refractivity contribution is 5.94. The molecule has 5 heterocycles. The van der Waals surface area contributed by atoms with E-state index in [1.54, 1.807) is 6.20 Å². The molecule has 2 amide bonds. The van der Waals surface area contributed by atoms with Crippen molar-refractivity contribution in [2.45, 2.75) is 38.6 Å². The number of rotatable bonds is 3. The van der Waals surface area contributed by atoms with E-state index in [1.807, 2.05) is 17.0 Å². The largest absolute Gasteiger partial charge is 0.356 e. The van der Waals surface area contributed by atoms with Gasteiger partial charge in [0.15, 0.2) is 0 Å². The van der Waals surface area contributed by atoms with Crippen LogP contribution in [0.25, 0.3) is 0 Å². The van der Waals surface area contributed by atoms with Gasteiger partial charge in [-0.05, 0) is 49.8 Å². The van der Waals surface area contributed by atoms with Crippen molar-refractivity contribution < 1.29 is 9.59 Å². The molecule has 3 atom stereocenters. The Morgan fingerprint density at radius 3 is 2.70 bits per heavy atom. The number of anilines is 1. The third-order valence-electron chi connectivity index (χ3n) is 7.61. The zero-order chi connectivity index (χ0) is 20.7. The molecule has 4 aliphatic heterocycles. The van der Waals surface area contributed by atoms with Gasteiger partial charge in [-0.2, -0.15) is 0 Å². The molecule has 0 aromatic carbocycles. The van der Waals surface area contributed by atoms with E-state index >= 15 is 0 Å². The van der Waals surface area contributed by atoms with Gasteiger partial charge in [-0.1, -0.05) is 6.92 Å². The summed E-state index contributed by atoms with van der Waals surface area (Å²) in [5.41, 5.74) is 0.685. The molecule has 7 nitrogen and oxygen atoms in total. The van der Waals surface area contributed by atoms with Crippen molar-refractivity contribution in [3.8, 4) is 0 Å². The first-order chi connectivity index (χ1) is 14.6. The smallest absolute Gasteiger partial charge is 0.255 e. The Kier molecular flexibility index (Phi) is 5.39. The molecule has 30 heavy (non-hydrogen) atoms. The second-order valence-corrected chi connectivity index (χ2v) is 9.40. The summed E-state index contributed by atoms with van der Waals surface area (Å²) in [6, 6.07) is 4.37. The fourth-order valence-corrected chi connectivity index (χ4v) is 5.95. The number of amides is 2. The van der Waals surface area contributed by atoms with Gasteiger partial charge in [-0.15, -0.1) is 0 Å². The van der Waals surface area contributed by atoms with Gasteiger partial charge in [0.2, 0.25) is 5.91 Å². The van der Waals surface area contributed by atoms with Gasteiger partial charge in [0, 0.05) is 64.5 Å². The summed E-state index contributed by atoms with van der Waals surface area (Å²) in [6.45, 7) is 9.51. The molecule has 0 N–H and O–H groups in total. The van der Waals surface area contributed by atoms with E-state index < -0.39 is 0 Å². The van der Waals surface area contributed by atoms with Gasteiger partial charge in [0.05, 0.1) is 5.56 Å². The van der Waals surface area contributed by atoms with E-state index in [1.165, 1.54) is 6.42 Å². The Bertz CT molecular complexity index is 789. The summed E-state index contributed by atoms with van der Waals surface area (Å²) >= 11 is 0. The normalized spacial score (nSPS) is 29.7. The van der Waals surface area contributed by atoms with Crippen molar-refractivity contribution in [2.24, 2.45) is 11.8 Å². The Hall–Kier alpha value is -2.15. The van der Waals surface area contributed by atoms with Crippen molar-refractivity contribution >= 4 is 17.6 Å². The first-order valence-electron chi connectivity index (χ1n) is 11.6. The van der Waals surface area contributed by atoms with Crippen LogP contribution in [0.5, 0.6) is 0 Å². The highest BCUT2D eigenvalue weighted by Gasteiger charge is 2.44. The predicted molar refractivity (Wildman–Crippen MR) is 115 cm³/mol. The van der Waals surface area contributed by atoms with Crippen LogP contribution in [0.3, 0.4) is 0 Å². The van der Waals surface area contributed by atoms with Crippen molar-refractivity contribution in [1.82, 2.24) is 19.7 Å². The zero-order valence-electron chi connectivity index (χ0n) is 18.0. The number of piperazine rings is 1. The third-order valence-corrected chi connectivity index (χ3v) is 7.61. The van der Waals surface area contributed by atoms with Crippen LogP contribution >= 0.6 is 0 Å². The van der Waals surface area contributed by atoms with E-state index in [9.17, 15) is 9.59 Å². The van der Waals surface area contributed by atoms with Crippen LogP contribution in [-0.2, 0) is 4.79 Å². The number of likely N-dealkylation sites (N-methyl/N-ethyl adjacent to an activating group) is 1. The van der Waals surface area contributed by atoms with E-state index in [0.29, 0.717) is 29.3 Å². The van der Waals surface area contributed by atoms with Gasteiger partial charge >= 0.3 is 0 Å². The molecule has 1 aromatic rings. The number of carbonyl (C=O) groups excluding carboxylic acids is 2. The summed E-state index contributed by atoms with van der Waals surface area (Å²) in [5, 5.41) is 0. The number of hydrogen-bond acceptors (Lipinski definition) is 5. The molecule has 7 heteroatoms. The van der Waals surface area contributed by atoms with Crippen molar-refractivity contribution in [3.05, 3.63) is 23.9 Å². The number of hydrogen-bond donors (Lipinski definition) is 0. The quantitative estimate of drug-likeness (QED) is 0.758. The molecule has 0 saturated carbocycles. The third kappa shape index (κ3) is 3.68. The van der Waals surface area contributed by atoms with E-state index in [2.05, 4.69) is 26.6 Å². The molecule has 0 spiro atoms. The SMILES string of the molecule is CCN1CCN(C(=O)c2ccc(N3CC4CC(C3)[C@H]3CCCC(=O)N3C4)nc2)CC1. The minimum atomic E-state index is 0.0941. The lowest BCUT2D eigenvalue weighted by atomic mass is 9.76. The van der Waals surface area contributed by atoms with E-state index in [0.717, 1.165) is 77.4 Å². The van der Waals surface area contributed by atoms with Crippen molar-refractivity contribution in [3.63, 3.8) is 0 Å². The van der Waals surface area contributed by atoms with E-state index in [4.69, 9.17) is 0 Å². The van der Waals surface area contributed by atoms with Crippen LogP contribution in [0.1, 0.15) is 43.0 Å². The van der Waals surface area contributed by atoms with Gasteiger partial charge in [0.1, 0.15) is 5.82 Å². The molecule has 4 saturated heterocycles. The highest BCUT2D eigenvalue weighted by atomic mass is 16.2. The summed E-state index contributed by atoms with van der Waals surface area (Å²) in [6.07, 6.45) is 5.88. The summed E-state index contributed by atoms with van der Waals surface area (Å²) in [5.74, 6) is 2.49. The first-order valence-corrected chi connectivity index (χ1v) is 11.6. The topological polar surface area (TPSA) is 60.0 Å². The molecule has 4 fully saturated rings. The zero-order valence-corrected chi connectivity index (χ0v) is 18.0. The van der Waals surface area contributed by atoms with Crippen LogP contribution in [-0.4, -0.2) is 89.9 Å². The molecule has 4 aliphatic rings. The fourth-order valence-electron chi connectivity index (χ4n) is 5.95. The van der Waals surface area contributed by atoms with Gasteiger partial charge in [0.25, 0.3) is 5.91 Å². The fraction of sp³-hybridized carbons (Fsp3) is 0.696. The number of nitrogens with zero attached hydrogens (tertiary/aromatic N) is 5. The van der Waals surface area contributed by atoms with Crippen LogP contribution in [0.2, 0.25) is 0 Å². The van der Waals surface area contributed by atoms with Crippen LogP contribution in [0, 0.1) is 11.8 Å². The Morgan fingerprint density at radius 1 is 1.13 bits per heavy atom. The number of piperidine rings is 3. The number of aromatic nitrogens is 1. The van der Waals surface area contributed by atoms with Gasteiger partial charge in [-0.3, -0.25) is 9.59 Å². The Balaban J connectivity index is 1.24. The summed E-state index contributed by atoms with van der Waals surface area (Å²) < 4.78 is 0. The molecule has 162 valence electrons. The molecule has 2 unspecified atom stereocenters. The number of pyridine rings is 1. The molecule has 1 aromatic heterocycles. The average Bonchev–Trinajstić information content (AvgIpc) is 2.79. The highest BCUT2D eigenvalue weighted by Crippen LogP contribution is 2.38. The Labute approximate surface area is 179 Å². The van der Waals surface area contributed by atoms with Gasteiger partial charge in [-0.25, -0.2) is 4.98 Å². The minimum Gasteiger partial charge on any atom is -0.356 e. The van der Waals surface area contributed by atoms with Crippen LogP contribution in [0.15, 0.2) is 18.3 Å². The van der Waals surface area contributed by atoms with Crippen molar-refractivity contribution in [2.75, 3.05) is 57.3 Å². The minimum absolute atomic E-state index is 0.0941. The second kappa shape index (κ2) is 8.17. The standard InChI is InChI=1S/C23H33N5O2/c1-2-25-8-10-26(11-9-25)23(30)18-6-7-21(24-13-18)27-14-17-12-19(16-27)20-4-3-5-22(29)28(20)15-17/h6-7,13,17,19-20H,2-5,8-12,14-16H2,1H3/t17?,19?,20-/m1/s1. The molecule has 2 bridgehead atoms.